The maximum absolute atomic E-state index is 12.5. The number of aromatic nitrogens is 2. The van der Waals surface area contributed by atoms with E-state index >= 15 is 0 Å². The molecule has 0 radical (unpaired) electrons. The Labute approximate surface area is 114 Å². The highest BCUT2D eigenvalue weighted by molar-refractivity contribution is 9.10. The van der Waals surface area contributed by atoms with Gasteiger partial charge >= 0.3 is 0 Å². The molecular formula is C14H15BrN2O. The molecule has 1 aromatic carbocycles. The molecule has 18 heavy (non-hydrogen) atoms. The van der Waals surface area contributed by atoms with Crippen LogP contribution in [-0.4, -0.2) is 9.78 Å². The standard InChI is InChI=1S/C14H15BrN2O/c15-13-11-8-4-5-9-12(11)14(18)17(16-13)10-6-2-1-3-7-10/h4-5,8-10H,1-3,6-7H2. The Hall–Kier alpha value is -1.16. The molecule has 1 aliphatic carbocycles. The van der Waals surface area contributed by atoms with Crippen molar-refractivity contribution in [1.29, 1.82) is 0 Å². The van der Waals surface area contributed by atoms with Gasteiger partial charge < -0.3 is 0 Å². The zero-order valence-electron chi connectivity index (χ0n) is 10.1. The third-order valence-electron chi connectivity index (χ3n) is 3.70. The predicted octanol–water partition coefficient (Wildman–Crippen LogP) is 3.66. The highest BCUT2D eigenvalue weighted by Crippen LogP contribution is 2.28. The van der Waals surface area contributed by atoms with E-state index in [2.05, 4.69) is 21.0 Å². The van der Waals surface area contributed by atoms with Crippen molar-refractivity contribution in [1.82, 2.24) is 9.78 Å². The Bertz CT molecular complexity index is 629. The summed E-state index contributed by atoms with van der Waals surface area (Å²) in [5.74, 6) is 0. The van der Waals surface area contributed by atoms with Crippen LogP contribution < -0.4 is 5.56 Å². The van der Waals surface area contributed by atoms with E-state index in [9.17, 15) is 4.79 Å². The van der Waals surface area contributed by atoms with Crippen molar-refractivity contribution in [2.24, 2.45) is 0 Å². The first-order valence-corrected chi connectivity index (χ1v) is 7.24. The van der Waals surface area contributed by atoms with Crippen LogP contribution in [0.5, 0.6) is 0 Å². The number of fused-ring (bicyclic) bond motifs is 1. The first-order chi connectivity index (χ1) is 8.77. The van der Waals surface area contributed by atoms with Crippen molar-refractivity contribution in [3.05, 3.63) is 39.2 Å². The molecule has 0 aliphatic heterocycles. The van der Waals surface area contributed by atoms with Crippen molar-refractivity contribution in [3.8, 4) is 0 Å². The molecule has 94 valence electrons. The van der Waals surface area contributed by atoms with Crippen LogP contribution in [0.4, 0.5) is 0 Å². The molecule has 1 heterocycles. The molecule has 1 aliphatic rings. The average molecular weight is 307 g/mol. The SMILES string of the molecule is O=c1c2ccccc2c(Br)nn1C1CCCCC1. The van der Waals surface area contributed by atoms with Gasteiger partial charge in [-0.05, 0) is 34.8 Å². The molecule has 0 amide bonds. The van der Waals surface area contributed by atoms with E-state index in [0.717, 1.165) is 28.2 Å². The van der Waals surface area contributed by atoms with Crippen LogP contribution in [0.3, 0.4) is 0 Å². The van der Waals surface area contributed by atoms with Gasteiger partial charge in [-0.15, -0.1) is 0 Å². The van der Waals surface area contributed by atoms with Crippen LogP contribution in [0, 0.1) is 0 Å². The molecule has 1 aromatic heterocycles. The van der Waals surface area contributed by atoms with Gasteiger partial charge in [-0.25, -0.2) is 4.68 Å². The van der Waals surface area contributed by atoms with Gasteiger partial charge in [0.25, 0.3) is 5.56 Å². The lowest BCUT2D eigenvalue weighted by Gasteiger charge is -2.23. The largest absolute Gasteiger partial charge is 0.274 e. The number of halogens is 1. The molecule has 2 aromatic rings. The van der Waals surface area contributed by atoms with Gasteiger partial charge in [-0.2, -0.15) is 5.10 Å². The zero-order chi connectivity index (χ0) is 12.5. The summed E-state index contributed by atoms with van der Waals surface area (Å²) in [6, 6.07) is 7.91. The van der Waals surface area contributed by atoms with Gasteiger partial charge in [0.2, 0.25) is 0 Å². The molecule has 0 bridgehead atoms. The van der Waals surface area contributed by atoms with Crippen LogP contribution in [-0.2, 0) is 0 Å². The van der Waals surface area contributed by atoms with E-state index in [4.69, 9.17) is 0 Å². The van der Waals surface area contributed by atoms with E-state index in [1.165, 1.54) is 19.3 Å². The quantitative estimate of drug-likeness (QED) is 0.806. The summed E-state index contributed by atoms with van der Waals surface area (Å²) in [5.41, 5.74) is 0.0423. The third-order valence-corrected chi connectivity index (χ3v) is 4.29. The van der Waals surface area contributed by atoms with Crippen molar-refractivity contribution in [2.45, 2.75) is 38.1 Å². The Balaban J connectivity index is 2.18. The second-order valence-electron chi connectivity index (χ2n) is 4.88. The normalized spacial score (nSPS) is 17.2. The van der Waals surface area contributed by atoms with Gasteiger partial charge in [0.15, 0.2) is 0 Å². The van der Waals surface area contributed by atoms with E-state index in [-0.39, 0.29) is 11.6 Å². The topological polar surface area (TPSA) is 34.9 Å². The van der Waals surface area contributed by atoms with Crippen LogP contribution in [0.1, 0.15) is 38.1 Å². The molecule has 0 unspecified atom stereocenters. The number of rotatable bonds is 1. The van der Waals surface area contributed by atoms with E-state index in [1.807, 2.05) is 24.3 Å². The number of nitrogens with zero attached hydrogens (tertiary/aromatic N) is 2. The number of hydrogen-bond donors (Lipinski definition) is 0. The Kier molecular flexibility index (Phi) is 3.20. The molecule has 3 rings (SSSR count). The predicted molar refractivity (Wildman–Crippen MR) is 75.8 cm³/mol. The molecule has 0 N–H and O–H groups in total. The van der Waals surface area contributed by atoms with Crippen molar-refractivity contribution < 1.29 is 0 Å². The fourth-order valence-corrected chi connectivity index (χ4v) is 3.26. The summed E-state index contributed by atoms with van der Waals surface area (Å²) < 4.78 is 2.45. The van der Waals surface area contributed by atoms with E-state index in [0.29, 0.717) is 0 Å². The molecule has 0 saturated heterocycles. The minimum atomic E-state index is 0.0423. The summed E-state index contributed by atoms with van der Waals surface area (Å²) in [7, 11) is 0. The fraction of sp³-hybridized carbons (Fsp3) is 0.429. The number of hydrogen-bond acceptors (Lipinski definition) is 2. The molecular weight excluding hydrogens is 292 g/mol. The van der Waals surface area contributed by atoms with Crippen molar-refractivity contribution >= 4 is 26.7 Å². The minimum Gasteiger partial charge on any atom is -0.267 e. The van der Waals surface area contributed by atoms with E-state index < -0.39 is 0 Å². The van der Waals surface area contributed by atoms with Crippen LogP contribution in [0.15, 0.2) is 33.7 Å². The summed E-state index contributed by atoms with van der Waals surface area (Å²) in [6.07, 6.45) is 5.81. The first-order valence-electron chi connectivity index (χ1n) is 6.44. The van der Waals surface area contributed by atoms with Gasteiger partial charge in [0.05, 0.1) is 11.4 Å². The van der Waals surface area contributed by atoms with Gasteiger partial charge in [-0.1, -0.05) is 37.5 Å². The van der Waals surface area contributed by atoms with E-state index in [1.54, 1.807) is 4.68 Å². The van der Waals surface area contributed by atoms with Gasteiger partial charge in [0, 0.05) is 5.39 Å². The Morgan fingerprint density at radius 2 is 1.78 bits per heavy atom. The average Bonchev–Trinajstić information content (AvgIpc) is 2.44. The third kappa shape index (κ3) is 1.99. The highest BCUT2D eigenvalue weighted by atomic mass is 79.9. The Morgan fingerprint density at radius 1 is 1.11 bits per heavy atom. The van der Waals surface area contributed by atoms with Crippen molar-refractivity contribution in [3.63, 3.8) is 0 Å². The van der Waals surface area contributed by atoms with Crippen molar-refractivity contribution in [2.75, 3.05) is 0 Å². The smallest absolute Gasteiger partial charge is 0.267 e. The summed E-state index contributed by atoms with van der Waals surface area (Å²) in [5, 5.41) is 6.10. The summed E-state index contributed by atoms with van der Waals surface area (Å²) in [4.78, 5) is 12.5. The molecule has 0 spiro atoms. The minimum absolute atomic E-state index is 0.0423. The zero-order valence-corrected chi connectivity index (χ0v) is 11.7. The summed E-state index contributed by atoms with van der Waals surface area (Å²) >= 11 is 3.48. The molecule has 0 atom stereocenters. The number of benzene rings is 1. The highest BCUT2D eigenvalue weighted by Gasteiger charge is 2.19. The first kappa shape index (κ1) is 11.9. The fourth-order valence-electron chi connectivity index (χ4n) is 2.74. The maximum Gasteiger partial charge on any atom is 0.274 e. The van der Waals surface area contributed by atoms with Gasteiger partial charge in [0.1, 0.15) is 4.60 Å². The lowest BCUT2D eigenvalue weighted by Crippen LogP contribution is -2.29. The second kappa shape index (κ2) is 4.84. The lowest BCUT2D eigenvalue weighted by molar-refractivity contribution is 0.319. The molecule has 4 heteroatoms. The second-order valence-corrected chi connectivity index (χ2v) is 5.63. The monoisotopic (exact) mass is 306 g/mol. The Morgan fingerprint density at radius 3 is 2.50 bits per heavy atom. The van der Waals surface area contributed by atoms with Crippen LogP contribution in [0.25, 0.3) is 10.8 Å². The van der Waals surface area contributed by atoms with Crippen LogP contribution in [0.2, 0.25) is 0 Å². The molecule has 1 fully saturated rings. The molecule has 1 saturated carbocycles. The van der Waals surface area contributed by atoms with Crippen LogP contribution >= 0.6 is 15.9 Å². The lowest BCUT2D eigenvalue weighted by atomic mass is 9.95. The summed E-state index contributed by atoms with van der Waals surface area (Å²) in [6.45, 7) is 0. The van der Waals surface area contributed by atoms with Gasteiger partial charge in [-0.3, -0.25) is 4.79 Å². The maximum atomic E-state index is 12.5. The molecule has 3 nitrogen and oxygen atoms in total.